The van der Waals surface area contributed by atoms with E-state index in [0.29, 0.717) is 13.2 Å². The van der Waals surface area contributed by atoms with Gasteiger partial charge in [0.25, 0.3) is 0 Å². The molecular formula is C13H23NO2. The van der Waals surface area contributed by atoms with Crippen LogP contribution in [0.1, 0.15) is 50.5 Å². The summed E-state index contributed by atoms with van der Waals surface area (Å²) in [6.07, 6.45) is 6.34. The lowest BCUT2D eigenvalue weighted by molar-refractivity contribution is 0.101. The van der Waals surface area contributed by atoms with Crippen LogP contribution in [0, 0.1) is 0 Å². The van der Waals surface area contributed by atoms with Crippen molar-refractivity contribution in [2.24, 2.45) is 5.73 Å². The van der Waals surface area contributed by atoms with Crippen molar-refractivity contribution in [2.45, 2.75) is 52.2 Å². The van der Waals surface area contributed by atoms with Crippen molar-refractivity contribution in [1.82, 2.24) is 0 Å². The highest BCUT2D eigenvalue weighted by Gasteiger charge is 2.00. The summed E-state index contributed by atoms with van der Waals surface area (Å²) in [6.45, 7) is 4.07. The van der Waals surface area contributed by atoms with Gasteiger partial charge >= 0.3 is 0 Å². The van der Waals surface area contributed by atoms with Gasteiger partial charge in [0.2, 0.25) is 0 Å². The Balaban J connectivity index is 1.98. The molecule has 0 saturated heterocycles. The predicted molar refractivity (Wildman–Crippen MR) is 65.0 cm³/mol. The van der Waals surface area contributed by atoms with Gasteiger partial charge in [0, 0.05) is 6.61 Å². The molecule has 2 N–H and O–H groups in total. The molecule has 16 heavy (non-hydrogen) atoms. The second-order valence-corrected chi connectivity index (χ2v) is 4.04. The number of ether oxygens (including phenoxy) is 1. The van der Waals surface area contributed by atoms with Crippen molar-refractivity contribution < 1.29 is 9.15 Å². The topological polar surface area (TPSA) is 48.4 Å². The van der Waals surface area contributed by atoms with Gasteiger partial charge in [-0.3, -0.25) is 0 Å². The van der Waals surface area contributed by atoms with Gasteiger partial charge in [0.1, 0.15) is 18.1 Å². The van der Waals surface area contributed by atoms with E-state index in [1.165, 1.54) is 25.7 Å². The third kappa shape index (κ3) is 5.33. The first-order valence-corrected chi connectivity index (χ1v) is 6.22. The quantitative estimate of drug-likeness (QED) is 0.656. The average Bonchev–Trinajstić information content (AvgIpc) is 2.76. The molecule has 0 aliphatic carbocycles. The summed E-state index contributed by atoms with van der Waals surface area (Å²) in [5.74, 6) is 1.69. The molecule has 0 aliphatic heterocycles. The molecule has 3 heteroatoms. The lowest BCUT2D eigenvalue weighted by Crippen LogP contribution is -1.95. The first-order chi connectivity index (χ1) is 7.86. The van der Waals surface area contributed by atoms with Crippen LogP contribution in [-0.4, -0.2) is 6.61 Å². The highest BCUT2D eigenvalue weighted by molar-refractivity contribution is 5.05. The SMILES string of the molecule is CCCCCCCOCc1ccc(CN)o1. The van der Waals surface area contributed by atoms with E-state index in [4.69, 9.17) is 14.9 Å². The summed E-state index contributed by atoms with van der Waals surface area (Å²) in [4.78, 5) is 0. The molecule has 1 aromatic heterocycles. The van der Waals surface area contributed by atoms with Gasteiger partial charge in [-0.25, -0.2) is 0 Å². The fourth-order valence-electron chi connectivity index (χ4n) is 1.59. The maximum absolute atomic E-state index is 5.52. The zero-order valence-electron chi connectivity index (χ0n) is 10.2. The second-order valence-electron chi connectivity index (χ2n) is 4.04. The number of nitrogens with two attached hydrogens (primary N) is 1. The van der Waals surface area contributed by atoms with E-state index < -0.39 is 0 Å². The molecule has 0 unspecified atom stereocenters. The molecule has 3 nitrogen and oxygen atoms in total. The predicted octanol–water partition coefficient (Wildman–Crippen LogP) is 3.23. The minimum absolute atomic E-state index is 0.455. The number of furan rings is 1. The van der Waals surface area contributed by atoms with Crippen LogP contribution in [0.25, 0.3) is 0 Å². The Kier molecular flexibility index (Phi) is 6.93. The molecule has 0 fully saturated rings. The van der Waals surface area contributed by atoms with Crippen LogP contribution in [0.5, 0.6) is 0 Å². The van der Waals surface area contributed by atoms with Gasteiger partial charge in [0.05, 0.1) is 6.54 Å². The van der Waals surface area contributed by atoms with E-state index in [1.807, 2.05) is 12.1 Å². The highest BCUT2D eigenvalue weighted by Crippen LogP contribution is 2.09. The molecule has 0 spiro atoms. The maximum Gasteiger partial charge on any atom is 0.129 e. The second kappa shape index (κ2) is 8.36. The van der Waals surface area contributed by atoms with Gasteiger partial charge in [0.15, 0.2) is 0 Å². The van der Waals surface area contributed by atoms with E-state index in [2.05, 4.69) is 6.92 Å². The molecule has 0 amide bonds. The molecule has 1 rings (SSSR count). The van der Waals surface area contributed by atoms with E-state index in [9.17, 15) is 0 Å². The third-order valence-electron chi connectivity index (χ3n) is 2.56. The first kappa shape index (κ1) is 13.3. The van der Waals surface area contributed by atoms with E-state index in [0.717, 1.165) is 24.5 Å². The van der Waals surface area contributed by atoms with Crippen LogP contribution in [-0.2, 0) is 17.9 Å². The Morgan fingerprint density at radius 1 is 1.12 bits per heavy atom. The van der Waals surface area contributed by atoms with Crippen molar-refractivity contribution in [3.8, 4) is 0 Å². The van der Waals surface area contributed by atoms with Crippen LogP contribution in [0.3, 0.4) is 0 Å². The fraction of sp³-hybridized carbons (Fsp3) is 0.692. The molecule has 0 aromatic carbocycles. The van der Waals surface area contributed by atoms with Crippen LogP contribution in [0.15, 0.2) is 16.5 Å². The van der Waals surface area contributed by atoms with Gasteiger partial charge in [-0.1, -0.05) is 32.6 Å². The number of hydrogen-bond acceptors (Lipinski definition) is 3. The first-order valence-electron chi connectivity index (χ1n) is 6.22. The Morgan fingerprint density at radius 3 is 2.56 bits per heavy atom. The molecule has 0 aliphatic rings. The van der Waals surface area contributed by atoms with Crippen molar-refractivity contribution >= 4 is 0 Å². The lowest BCUT2D eigenvalue weighted by atomic mass is 10.2. The molecule has 0 radical (unpaired) electrons. The Morgan fingerprint density at radius 2 is 1.88 bits per heavy atom. The minimum Gasteiger partial charge on any atom is -0.462 e. The van der Waals surface area contributed by atoms with E-state index >= 15 is 0 Å². The van der Waals surface area contributed by atoms with Crippen molar-refractivity contribution in [2.75, 3.05) is 6.61 Å². The van der Waals surface area contributed by atoms with Gasteiger partial charge < -0.3 is 14.9 Å². The van der Waals surface area contributed by atoms with E-state index in [1.54, 1.807) is 0 Å². The standard InChI is InChI=1S/C13H23NO2/c1-2-3-4-5-6-9-15-11-13-8-7-12(10-14)16-13/h7-8H,2-6,9-11,14H2,1H3. The Bertz CT molecular complexity index is 271. The summed E-state index contributed by atoms with van der Waals surface area (Å²) in [5.41, 5.74) is 5.45. The lowest BCUT2D eigenvalue weighted by Gasteiger charge is -2.02. The minimum atomic E-state index is 0.455. The molecule has 92 valence electrons. The van der Waals surface area contributed by atoms with Crippen molar-refractivity contribution in [3.63, 3.8) is 0 Å². The van der Waals surface area contributed by atoms with Crippen LogP contribution in [0.4, 0.5) is 0 Å². The molecule has 0 atom stereocenters. The summed E-state index contributed by atoms with van der Waals surface area (Å²) in [6, 6.07) is 3.83. The Hall–Kier alpha value is -0.800. The largest absolute Gasteiger partial charge is 0.462 e. The Labute approximate surface area is 98.0 Å². The molecule has 1 heterocycles. The summed E-state index contributed by atoms with van der Waals surface area (Å²) in [5, 5.41) is 0. The van der Waals surface area contributed by atoms with Crippen molar-refractivity contribution in [3.05, 3.63) is 23.7 Å². The summed E-state index contributed by atoms with van der Waals surface area (Å²) >= 11 is 0. The molecular weight excluding hydrogens is 202 g/mol. The zero-order chi connectivity index (χ0) is 11.6. The van der Waals surface area contributed by atoms with E-state index in [-0.39, 0.29) is 0 Å². The monoisotopic (exact) mass is 225 g/mol. The summed E-state index contributed by atoms with van der Waals surface area (Å²) < 4.78 is 11.0. The van der Waals surface area contributed by atoms with Gasteiger partial charge in [-0.15, -0.1) is 0 Å². The number of unbranched alkanes of at least 4 members (excludes halogenated alkanes) is 4. The maximum atomic E-state index is 5.52. The zero-order valence-corrected chi connectivity index (χ0v) is 10.2. The normalized spacial score (nSPS) is 10.9. The van der Waals surface area contributed by atoms with Crippen LogP contribution in [0.2, 0.25) is 0 Å². The van der Waals surface area contributed by atoms with Crippen LogP contribution >= 0.6 is 0 Å². The number of hydrogen-bond donors (Lipinski definition) is 1. The van der Waals surface area contributed by atoms with Gasteiger partial charge in [-0.2, -0.15) is 0 Å². The smallest absolute Gasteiger partial charge is 0.129 e. The molecule has 0 bridgehead atoms. The average molecular weight is 225 g/mol. The molecule has 0 saturated carbocycles. The van der Waals surface area contributed by atoms with Crippen LogP contribution < -0.4 is 5.73 Å². The highest BCUT2D eigenvalue weighted by atomic mass is 16.5. The fourth-order valence-corrected chi connectivity index (χ4v) is 1.59. The third-order valence-corrected chi connectivity index (χ3v) is 2.56. The van der Waals surface area contributed by atoms with Gasteiger partial charge in [-0.05, 0) is 18.6 Å². The number of rotatable bonds is 9. The summed E-state index contributed by atoms with van der Waals surface area (Å²) in [7, 11) is 0. The molecule has 1 aromatic rings. The van der Waals surface area contributed by atoms with Crippen molar-refractivity contribution in [1.29, 1.82) is 0 Å².